The highest BCUT2D eigenvalue weighted by molar-refractivity contribution is 7.92. The van der Waals surface area contributed by atoms with E-state index < -0.39 is 21.7 Å². The van der Waals surface area contributed by atoms with Crippen LogP contribution in [-0.4, -0.2) is 31.0 Å². The SMILES string of the molecule is Cc1ccc(S(=O)(=O)Nc2cccc3c2c(C=O)cn3C(=O)OC(C)(C)C)cc1. The van der Waals surface area contributed by atoms with Gasteiger partial charge in [-0.05, 0) is 52.0 Å². The molecular weight excluding hydrogens is 392 g/mol. The lowest BCUT2D eigenvalue weighted by Gasteiger charge is -2.19. The molecule has 0 radical (unpaired) electrons. The number of carbonyl (C=O) groups excluding carboxylic acids is 2. The lowest BCUT2D eigenvalue weighted by molar-refractivity contribution is 0.0544. The van der Waals surface area contributed by atoms with Crippen molar-refractivity contribution in [3.63, 3.8) is 0 Å². The molecule has 0 atom stereocenters. The molecule has 0 amide bonds. The zero-order valence-corrected chi connectivity index (χ0v) is 17.4. The molecule has 0 bridgehead atoms. The summed E-state index contributed by atoms with van der Waals surface area (Å²) in [5.41, 5.74) is 0.953. The van der Waals surface area contributed by atoms with E-state index in [9.17, 15) is 18.0 Å². The van der Waals surface area contributed by atoms with Crippen molar-refractivity contribution in [1.29, 1.82) is 0 Å². The summed E-state index contributed by atoms with van der Waals surface area (Å²) >= 11 is 0. The largest absolute Gasteiger partial charge is 0.443 e. The second-order valence-electron chi connectivity index (χ2n) is 7.67. The molecule has 1 N–H and O–H groups in total. The van der Waals surface area contributed by atoms with Gasteiger partial charge < -0.3 is 4.74 Å². The van der Waals surface area contributed by atoms with Crippen LogP contribution < -0.4 is 4.72 Å². The predicted molar refractivity (Wildman–Crippen MR) is 111 cm³/mol. The molecule has 0 unspecified atom stereocenters. The molecule has 7 nitrogen and oxygen atoms in total. The molecule has 152 valence electrons. The third-order valence-electron chi connectivity index (χ3n) is 4.15. The molecule has 0 fully saturated rings. The van der Waals surface area contributed by atoms with E-state index in [1.807, 2.05) is 6.92 Å². The highest BCUT2D eigenvalue weighted by atomic mass is 32.2. The Morgan fingerprint density at radius 2 is 1.76 bits per heavy atom. The lowest BCUT2D eigenvalue weighted by Crippen LogP contribution is -2.26. The van der Waals surface area contributed by atoms with Crippen LogP contribution in [-0.2, 0) is 14.8 Å². The molecule has 0 saturated carbocycles. The number of aromatic nitrogens is 1. The van der Waals surface area contributed by atoms with Gasteiger partial charge in [0.25, 0.3) is 10.0 Å². The van der Waals surface area contributed by atoms with Crippen molar-refractivity contribution in [3.8, 4) is 0 Å². The second kappa shape index (κ2) is 7.36. The van der Waals surface area contributed by atoms with Crippen LogP contribution in [0.5, 0.6) is 0 Å². The molecule has 0 saturated heterocycles. The number of ether oxygens (including phenoxy) is 1. The summed E-state index contributed by atoms with van der Waals surface area (Å²) in [6.45, 7) is 7.06. The Bertz CT molecular complexity index is 1190. The van der Waals surface area contributed by atoms with E-state index in [2.05, 4.69) is 4.72 Å². The van der Waals surface area contributed by atoms with Gasteiger partial charge in [-0.2, -0.15) is 0 Å². The number of rotatable bonds is 4. The first kappa shape index (κ1) is 20.6. The highest BCUT2D eigenvalue weighted by Crippen LogP contribution is 2.30. The van der Waals surface area contributed by atoms with Crippen molar-refractivity contribution in [2.45, 2.75) is 38.2 Å². The van der Waals surface area contributed by atoms with Gasteiger partial charge in [-0.25, -0.2) is 13.2 Å². The maximum atomic E-state index is 12.8. The van der Waals surface area contributed by atoms with E-state index in [1.54, 1.807) is 51.1 Å². The van der Waals surface area contributed by atoms with Crippen molar-refractivity contribution in [3.05, 3.63) is 59.8 Å². The number of aryl methyl sites for hydroxylation is 1. The van der Waals surface area contributed by atoms with Crippen LogP contribution >= 0.6 is 0 Å². The van der Waals surface area contributed by atoms with Gasteiger partial charge in [0, 0.05) is 17.1 Å². The molecular formula is C21H22N2O5S. The first-order chi connectivity index (χ1) is 13.5. The fourth-order valence-corrected chi connectivity index (χ4v) is 3.95. The number of fused-ring (bicyclic) bond motifs is 1. The molecule has 29 heavy (non-hydrogen) atoms. The number of nitrogens with zero attached hydrogens (tertiary/aromatic N) is 1. The summed E-state index contributed by atoms with van der Waals surface area (Å²) < 4.78 is 34.7. The van der Waals surface area contributed by atoms with Gasteiger partial charge >= 0.3 is 6.09 Å². The number of hydrogen-bond donors (Lipinski definition) is 1. The summed E-state index contributed by atoms with van der Waals surface area (Å²) in [7, 11) is -3.88. The monoisotopic (exact) mass is 414 g/mol. The van der Waals surface area contributed by atoms with Crippen LogP contribution in [0.3, 0.4) is 0 Å². The number of hydrogen-bond acceptors (Lipinski definition) is 5. The Kier molecular flexibility index (Phi) is 5.23. The number of benzene rings is 2. The highest BCUT2D eigenvalue weighted by Gasteiger charge is 2.23. The fourth-order valence-electron chi connectivity index (χ4n) is 2.88. The number of aldehydes is 1. The van der Waals surface area contributed by atoms with Gasteiger partial charge in [-0.15, -0.1) is 0 Å². The minimum absolute atomic E-state index is 0.0966. The second-order valence-corrected chi connectivity index (χ2v) is 9.35. The Hall–Kier alpha value is -3.13. The van der Waals surface area contributed by atoms with Crippen molar-refractivity contribution < 1.29 is 22.7 Å². The van der Waals surface area contributed by atoms with Crippen molar-refractivity contribution in [2.75, 3.05) is 4.72 Å². The van der Waals surface area contributed by atoms with Crippen LogP contribution in [0.2, 0.25) is 0 Å². The predicted octanol–water partition coefficient (Wildman–Crippen LogP) is 4.35. The summed E-state index contributed by atoms with van der Waals surface area (Å²) in [4.78, 5) is 24.3. The van der Waals surface area contributed by atoms with Crippen LogP contribution in [0, 0.1) is 6.92 Å². The molecule has 8 heteroatoms. The van der Waals surface area contributed by atoms with Gasteiger partial charge in [0.15, 0.2) is 6.29 Å². The van der Waals surface area contributed by atoms with E-state index in [1.165, 1.54) is 22.9 Å². The molecule has 1 heterocycles. The summed E-state index contributed by atoms with van der Waals surface area (Å²) in [6, 6.07) is 11.2. The minimum Gasteiger partial charge on any atom is -0.443 e. The van der Waals surface area contributed by atoms with Crippen LogP contribution in [0.15, 0.2) is 53.6 Å². The molecule has 0 spiro atoms. The number of nitrogens with one attached hydrogen (secondary N) is 1. The van der Waals surface area contributed by atoms with Crippen molar-refractivity contribution in [1.82, 2.24) is 4.57 Å². The number of sulfonamides is 1. The van der Waals surface area contributed by atoms with Crippen LogP contribution in [0.25, 0.3) is 10.9 Å². The Morgan fingerprint density at radius 3 is 2.34 bits per heavy atom. The lowest BCUT2D eigenvalue weighted by atomic mass is 10.1. The Morgan fingerprint density at radius 1 is 1.10 bits per heavy atom. The number of carbonyl (C=O) groups is 2. The van der Waals surface area contributed by atoms with Gasteiger partial charge in [-0.1, -0.05) is 23.8 Å². The molecule has 1 aromatic heterocycles. The molecule has 3 rings (SSSR count). The normalized spacial score (nSPS) is 12.0. The van der Waals surface area contributed by atoms with Gasteiger partial charge in [-0.3, -0.25) is 14.1 Å². The zero-order chi connectivity index (χ0) is 21.4. The van der Waals surface area contributed by atoms with Crippen LogP contribution in [0.1, 0.15) is 36.7 Å². The standard InChI is InChI=1S/C21H22N2O5S/c1-14-8-10-16(11-9-14)29(26,27)22-17-6-5-7-18-19(17)15(13-24)12-23(18)20(25)28-21(2,3)4/h5-13,22H,1-4H3. The maximum absolute atomic E-state index is 12.8. The molecule has 0 aliphatic heterocycles. The van der Waals surface area contributed by atoms with E-state index in [-0.39, 0.29) is 16.1 Å². The van der Waals surface area contributed by atoms with Gasteiger partial charge in [0.1, 0.15) is 5.60 Å². The molecule has 0 aliphatic rings. The van der Waals surface area contributed by atoms with E-state index in [4.69, 9.17) is 4.74 Å². The summed E-state index contributed by atoms with van der Waals surface area (Å²) in [5.74, 6) is 0. The van der Waals surface area contributed by atoms with Gasteiger partial charge in [0.05, 0.1) is 16.1 Å². The zero-order valence-electron chi connectivity index (χ0n) is 16.6. The Labute approximate surface area is 169 Å². The quantitative estimate of drug-likeness (QED) is 0.641. The summed E-state index contributed by atoms with van der Waals surface area (Å²) in [5, 5.41) is 0.323. The smallest absolute Gasteiger partial charge is 0.419 e. The fraction of sp³-hybridized carbons (Fsp3) is 0.238. The average Bonchev–Trinajstić information content (AvgIpc) is 3.00. The Balaban J connectivity index is 2.09. The van der Waals surface area contributed by atoms with Crippen molar-refractivity contribution >= 4 is 39.0 Å². The van der Waals surface area contributed by atoms with E-state index in [0.717, 1.165) is 5.56 Å². The molecule has 2 aromatic carbocycles. The first-order valence-corrected chi connectivity index (χ1v) is 10.4. The maximum Gasteiger partial charge on any atom is 0.419 e. The summed E-state index contributed by atoms with van der Waals surface area (Å²) in [6.07, 6.45) is 1.26. The van der Waals surface area contributed by atoms with Crippen LogP contribution in [0.4, 0.5) is 10.5 Å². The van der Waals surface area contributed by atoms with Gasteiger partial charge in [0.2, 0.25) is 0 Å². The van der Waals surface area contributed by atoms with E-state index in [0.29, 0.717) is 17.2 Å². The number of anilines is 1. The third-order valence-corrected chi connectivity index (χ3v) is 5.53. The molecule has 3 aromatic rings. The average molecular weight is 414 g/mol. The van der Waals surface area contributed by atoms with E-state index >= 15 is 0 Å². The van der Waals surface area contributed by atoms with Crippen molar-refractivity contribution in [2.24, 2.45) is 0 Å². The third kappa shape index (κ3) is 4.32. The minimum atomic E-state index is -3.88. The first-order valence-electron chi connectivity index (χ1n) is 8.94. The topological polar surface area (TPSA) is 94.5 Å². The molecule has 0 aliphatic carbocycles.